The summed E-state index contributed by atoms with van der Waals surface area (Å²) in [6, 6.07) is 19.7. The van der Waals surface area contributed by atoms with Gasteiger partial charge in [-0.15, -0.1) is 0 Å². The Morgan fingerprint density at radius 3 is 2.50 bits per heavy atom. The minimum atomic E-state index is -0.0826. The van der Waals surface area contributed by atoms with Gasteiger partial charge in [0, 0.05) is 30.1 Å². The van der Waals surface area contributed by atoms with Gasteiger partial charge < -0.3 is 4.90 Å². The van der Waals surface area contributed by atoms with Gasteiger partial charge in [0.05, 0.1) is 12.2 Å². The van der Waals surface area contributed by atoms with E-state index in [1.54, 1.807) is 11.9 Å². The van der Waals surface area contributed by atoms with E-state index in [0.717, 1.165) is 22.5 Å². The number of halogens is 1. The number of hydrogen-bond acceptors (Lipinski definition) is 2. The second kappa shape index (κ2) is 8.19. The summed E-state index contributed by atoms with van der Waals surface area (Å²) < 4.78 is 0. The second-order valence-electron chi connectivity index (χ2n) is 6.48. The SMILES string of the molecule is Cc1cc(CN(C)C(=O)C[C@H](c2ccccc2)c2ccccc2Cl)n[nH]1. The predicted molar refractivity (Wildman–Crippen MR) is 104 cm³/mol. The molecule has 134 valence electrons. The summed E-state index contributed by atoms with van der Waals surface area (Å²) in [4.78, 5) is 14.6. The number of hydrogen-bond donors (Lipinski definition) is 1. The molecular weight excluding hydrogens is 346 g/mol. The molecule has 0 aliphatic carbocycles. The van der Waals surface area contributed by atoms with Crippen molar-refractivity contribution in [3.63, 3.8) is 0 Å². The zero-order valence-electron chi connectivity index (χ0n) is 14.9. The molecule has 3 aromatic rings. The molecule has 0 radical (unpaired) electrons. The summed E-state index contributed by atoms with van der Waals surface area (Å²) >= 11 is 6.43. The molecule has 0 fully saturated rings. The second-order valence-corrected chi connectivity index (χ2v) is 6.89. The van der Waals surface area contributed by atoms with Crippen LogP contribution in [0.15, 0.2) is 60.7 Å². The molecule has 0 saturated carbocycles. The Morgan fingerprint density at radius 2 is 1.85 bits per heavy atom. The van der Waals surface area contributed by atoms with E-state index in [4.69, 9.17) is 11.6 Å². The van der Waals surface area contributed by atoms with Crippen molar-refractivity contribution in [1.29, 1.82) is 0 Å². The first kappa shape index (κ1) is 18.2. The van der Waals surface area contributed by atoms with Crippen LogP contribution in [0.1, 0.15) is 34.9 Å². The largest absolute Gasteiger partial charge is 0.340 e. The van der Waals surface area contributed by atoms with Gasteiger partial charge in [-0.3, -0.25) is 9.89 Å². The molecule has 0 aliphatic rings. The molecule has 0 unspecified atom stereocenters. The van der Waals surface area contributed by atoms with Crippen LogP contribution in [0.5, 0.6) is 0 Å². The van der Waals surface area contributed by atoms with Gasteiger partial charge in [-0.05, 0) is 30.2 Å². The van der Waals surface area contributed by atoms with Crippen LogP contribution < -0.4 is 0 Å². The molecule has 26 heavy (non-hydrogen) atoms. The van der Waals surface area contributed by atoms with Crippen molar-refractivity contribution < 1.29 is 4.79 Å². The molecule has 1 atom stereocenters. The average Bonchev–Trinajstić information content (AvgIpc) is 3.05. The molecule has 2 aromatic carbocycles. The zero-order valence-corrected chi connectivity index (χ0v) is 15.7. The lowest BCUT2D eigenvalue weighted by molar-refractivity contribution is -0.130. The van der Waals surface area contributed by atoms with Gasteiger partial charge in [0.2, 0.25) is 5.91 Å². The zero-order chi connectivity index (χ0) is 18.5. The number of carbonyl (C=O) groups is 1. The Kier molecular flexibility index (Phi) is 5.74. The number of amides is 1. The van der Waals surface area contributed by atoms with Crippen LogP contribution in [0.3, 0.4) is 0 Å². The smallest absolute Gasteiger partial charge is 0.223 e. The van der Waals surface area contributed by atoms with Gasteiger partial charge in [0.25, 0.3) is 0 Å². The van der Waals surface area contributed by atoms with Crippen LogP contribution in [-0.4, -0.2) is 28.1 Å². The third-order valence-corrected chi connectivity index (χ3v) is 4.79. The number of aromatic nitrogens is 2. The Labute approximate surface area is 158 Å². The molecule has 0 aliphatic heterocycles. The standard InChI is InChI=1S/C21H22ClN3O/c1-15-12-17(24-23-15)14-25(2)21(26)13-19(16-8-4-3-5-9-16)18-10-6-7-11-20(18)22/h3-12,19H,13-14H2,1-2H3,(H,23,24)/t19-/m1/s1. The maximum atomic E-state index is 12.9. The first-order valence-electron chi connectivity index (χ1n) is 8.59. The molecule has 4 nitrogen and oxygen atoms in total. The van der Waals surface area contributed by atoms with E-state index in [2.05, 4.69) is 10.2 Å². The van der Waals surface area contributed by atoms with Crippen LogP contribution in [0.2, 0.25) is 5.02 Å². The van der Waals surface area contributed by atoms with E-state index in [-0.39, 0.29) is 11.8 Å². The third kappa shape index (κ3) is 4.33. The molecule has 1 heterocycles. The summed E-state index contributed by atoms with van der Waals surface area (Å²) in [7, 11) is 1.81. The number of aromatic amines is 1. The number of aryl methyl sites for hydroxylation is 1. The van der Waals surface area contributed by atoms with Gasteiger partial charge in [-0.2, -0.15) is 5.10 Å². The number of benzene rings is 2. The molecular formula is C21H22ClN3O. The number of rotatable bonds is 6. The van der Waals surface area contributed by atoms with Crippen molar-refractivity contribution in [3.05, 3.63) is 88.2 Å². The molecule has 1 amide bonds. The van der Waals surface area contributed by atoms with Crippen LogP contribution in [0.25, 0.3) is 0 Å². The topological polar surface area (TPSA) is 49.0 Å². The van der Waals surface area contributed by atoms with E-state index in [1.165, 1.54) is 0 Å². The van der Waals surface area contributed by atoms with Gasteiger partial charge in [0.1, 0.15) is 0 Å². The monoisotopic (exact) mass is 367 g/mol. The fourth-order valence-corrected chi connectivity index (χ4v) is 3.33. The van der Waals surface area contributed by atoms with Gasteiger partial charge in [-0.25, -0.2) is 0 Å². The number of H-pyrrole nitrogens is 1. The van der Waals surface area contributed by atoms with Crippen molar-refractivity contribution in [2.45, 2.75) is 25.8 Å². The molecule has 1 aromatic heterocycles. The van der Waals surface area contributed by atoms with Crippen LogP contribution in [0, 0.1) is 6.92 Å². The van der Waals surface area contributed by atoms with Crippen molar-refractivity contribution in [2.24, 2.45) is 0 Å². The minimum Gasteiger partial charge on any atom is -0.340 e. The van der Waals surface area contributed by atoms with Gasteiger partial charge >= 0.3 is 0 Å². The fraction of sp³-hybridized carbons (Fsp3) is 0.238. The maximum Gasteiger partial charge on any atom is 0.223 e. The Bertz CT molecular complexity index is 876. The van der Waals surface area contributed by atoms with Crippen molar-refractivity contribution in [3.8, 4) is 0 Å². The van der Waals surface area contributed by atoms with Gasteiger partial charge in [0.15, 0.2) is 0 Å². The number of nitrogens with one attached hydrogen (secondary N) is 1. The Morgan fingerprint density at radius 1 is 1.15 bits per heavy atom. The van der Waals surface area contributed by atoms with E-state index >= 15 is 0 Å². The lowest BCUT2D eigenvalue weighted by atomic mass is 9.88. The third-order valence-electron chi connectivity index (χ3n) is 4.45. The van der Waals surface area contributed by atoms with E-state index in [9.17, 15) is 4.79 Å². The van der Waals surface area contributed by atoms with Crippen LogP contribution in [-0.2, 0) is 11.3 Å². The van der Waals surface area contributed by atoms with Crippen LogP contribution >= 0.6 is 11.6 Å². The highest BCUT2D eigenvalue weighted by molar-refractivity contribution is 6.31. The van der Waals surface area contributed by atoms with Crippen molar-refractivity contribution in [2.75, 3.05) is 7.05 Å². The number of nitrogens with zero attached hydrogens (tertiary/aromatic N) is 2. The molecule has 0 spiro atoms. The Hall–Kier alpha value is -2.59. The average molecular weight is 368 g/mol. The van der Waals surface area contributed by atoms with Crippen LogP contribution in [0.4, 0.5) is 0 Å². The van der Waals surface area contributed by atoms with E-state index in [0.29, 0.717) is 18.0 Å². The number of carbonyl (C=O) groups excluding carboxylic acids is 1. The predicted octanol–water partition coefficient (Wildman–Crippen LogP) is 4.55. The molecule has 5 heteroatoms. The first-order valence-corrected chi connectivity index (χ1v) is 8.96. The lowest BCUT2D eigenvalue weighted by Gasteiger charge is -2.22. The molecule has 3 rings (SSSR count). The summed E-state index contributed by atoms with van der Waals surface area (Å²) in [6.07, 6.45) is 0.355. The summed E-state index contributed by atoms with van der Waals surface area (Å²) in [5, 5.41) is 7.80. The quantitative estimate of drug-likeness (QED) is 0.694. The fourth-order valence-electron chi connectivity index (χ4n) is 3.07. The normalized spacial score (nSPS) is 12.0. The van der Waals surface area contributed by atoms with E-state index < -0.39 is 0 Å². The molecule has 0 saturated heterocycles. The lowest BCUT2D eigenvalue weighted by Crippen LogP contribution is -2.28. The summed E-state index contributed by atoms with van der Waals surface area (Å²) in [5.74, 6) is -0.0276. The van der Waals surface area contributed by atoms with Crippen molar-refractivity contribution >= 4 is 17.5 Å². The maximum absolute atomic E-state index is 12.9. The summed E-state index contributed by atoms with van der Waals surface area (Å²) in [5.41, 5.74) is 3.89. The first-order chi connectivity index (χ1) is 12.5. The van der Waals surface area contributed by atoms with Crippen molar-refractivity contribution in [1.82, 2.24) is 15.1 Å². The highest BCUT2D eigenvalue weighted by Gasteiger charge is 2.22. The highest BCUT2D eigenvalue weighted by atomic mass is 35.5. The Balaban J connectivity index is 1.81. The summed E-state index contributed by atoms with van der Waals surface area (Å²) in [6.45, 7) is 2.42. The molecule has 0 bridgehead atoms. The van der Waals surface area contributed by atoms with E-state index in [1.807, 2.05) is 67.6 Å². The minimum absolute atomic E-state index is 0.0550. The molecule has 1 N–H and O–H groups in total. The van der Waals surface area contributed by atoms with Gasteiger partial charge in [-0.1, -0.05) is 60.1 Å². The highest BCUT2D eigenvalue weighted by Crippen LogP contribution is 2.33.